The molecule has 2 aromatic heterocycles. The van der Waals surface area contributed by atoms with Crippen molar-refractivity contribution in [1.29, 1.82) is 0 Å². The van der Waals surface area contributed by atoms with Crippen molar-refractivity contribution in [3.8, 4) is 5.75 Å². The van der Waals surface area contributed by atoms with Gasteiger partial charge in [-0.2, -0.15) is 0 Å². The lowest BCUT2D eigenvalue weighted by molar-refractivity contribution is -0.128. The van der Waals surface area contributed by atoms with E-state index < -0.39 is 5.82 Å². The Hall–Kier alpha value is -3.12. The molecular weight excluding hydrogens is 407 g/mol. The van der Waals surface area contributed by atoms with Crippen molar-refractivity contribution >= 4 is 39.4 Å². The smallest absolute Gasteiger partial charge is 0.223 e. The number of furan rings is 1. The van der Waals surface area contributed by atoms with Crippen LogP contribution in [0.4, 0.5) is 4.39 Å². The average Bonchev–Trinajstić information content (AvgIpc) is 3.30. The standard InChI is InChI=1S/C23H18ClFN2O3/c1-29-19-5-4-16(22-17-6-7-26-10-20(17)30-23(19)22)14-8-21(28)27(12-14)11-13-2-3-15(24)9-18(13)25/h2-7,9-10,14H,8,11-12H2,1H3. The molecule has 7 heteroatoms. The zero-order chi connectivity index (χ0) is 20.8. The van der Waals surface area contributed by atoms with Crippen LogP contribution in [0, 0.1) is 5.82 Å². The molecule has 0 saturated carbocycles. The van der Waals surface area contributed by atoms with Gasteiger partial charge in [-0.3, -0.25) is 9.78 Å². The maximum absolute atomic E-state index is 14.2. The summed E-state index contributed by atoms with van der Waals surface area (Å²) in [4.78, 5) is 18.5. The van der Waals surface area contributed by atoms with Gasteiger partial charge in [0.1, 0.15) is 5.82 Å². The Morgan fingerprint density at radius 3 is 2.97 bits per heavy atom. The lowest BCUT2D eigenvalue weighted by atomic mass is 9.93. The predicted octanol–water partition coefficient (Wildman–Crippen LogP) is 5.30. The summed E-state index contributed by atoms with van der Waals surface area (Å²) in [5, 5.41) is 2.21. The fraction of sp³-hybridized carbons (Fsp3) is 0.217. The maximum Gasteiger partial charge on any atom is 0.223 e. The Bertz CT molecular complexity index is 1290. The van der Waals surface area contributed by atoms with Crippen molar-refractivity contribution in [2.45, 2.75) is 18.9 Å². The number of pyridine rings is 1. The predicted molar refractivity (Wildman–Crippen MR) is 112 cm³/mol. The van der Waals surface area contributed by atoms with Crippen molar-refractivity contribution < 1.29 is 18.3 Å². The van der Waals surface area contributed by atoms with E-state index in [2.05, 4.69) is 4.98 Å². The zero-order valence-electron chi connectivity index (χ0n) is 16.2. The molecule has 1 unspecified atom stereocenters. The van der Waals surface area contributed by atoms with Crippen LogP contribution in [0.5, 0.6) is 5.75 Å². The van der Waals surface area contributed by atoms with Gasteiger partial charge in [0.05, 0.1) is 13.3 Å². The first-order chi connectivity index (χ1) is 14.5. The summed E-state index contributed by atoms with van der Waals surface area (Å²) in [5.74, 6) is 0.191. The number of benzene rings is 2. The molecular formula is C23H18ClFN2O3. The first-order valence-electron chi connectivity index (χ1n) is 9.60. The van der Waals surface area contributed by atoms with Crippen LogP contribution < -0.4 is 4.74 Å². The molecule has 1 saturated heterocycles. The molecule has 1 aliphatic heterocycles. The number of likely N-dealkylation sites (tertiary alicyclic amines) is 1. The van der Waals surface area contributed by atoms with Crippen LogP contribution in [0.1, 0.15) is 23.5 Å². The van der Waals surface area contributed by atoms with Crippen LogP contribution in [0.25, 0.3) is 21.9 Å². The van der Waals surface area contributed by atoms with Crippen LogP contribution in [-0.4, -0.2) is 29.4 Å². The van der Waals surface area contributed by atoms with Crippen LogP contribution in [0.2, 0.25) is 5.02 Å². The molecule has 5 nitrogen and oxygen atoms in total. The first-order valence-corrected chi connectivity index (χ1v) is 9.97. The summed E-state index contributed by atoms with van der Waals surface area (Å²) < 4.78 is 25.7. The molecule has 0 aliphatic carbocycles. The van der Waals surface area contributed by atoms with Gasteiger partial charge in [-0.25, -0.2) is 4.39 Å². The number of amides is 1. The van der Waals surface area contributed by atoms with Gasteiger partial charge < -0.3 is 14.1 Å². The second-order valence-corrected chi connectivity index (χ2v) is 7.88. The lowest BCUT2D eigenvalue weighted by Gasteiger charge is -2.18. The number of halogens is 2. The molecule has 1 aliphatic rings. The van der Waals surface area contributed by atoms with E-state index in [1.807, 2.05) is 18.2 Å². The molecule has 2 aromatic carbocycles. The number of rotatable bonds is 4. The quantitative estimate of drug-likeness (QED) is 0.446. The van der Waals surface area contributed by atoms with Crippen molar-refractivity contribution in [2.75, 3.05) is 13.7 Å². The zero-order valence-corrected chi connectivity index (χ0v) is 16.9. The van der Waals surface area contributed by atoms with Gasteiger partial charge in [-0.05, 0) is 29.8 Å². The van der Waals surface area contributed by atoms with Crippen molar-refractivity contribution in [2.24, 2.45) is 0 Å². The molecule has 0 radical (unpaired) electrons. The second-order valence-electron chi connectivity index (χ2n) is 7.45. The van der Waals surface area contributed by atoms with E-state index >= 15 is 0 Å². The van der Waals surface area contributed by atoms with Gasteiger partial charge in [0, 0.05) is 53.0 Å². The summed E-state index contributed by atoms with van der Waals surface area (Å²) in [5.41, 5.74) is 2.78. The number of carbonyl (C=O) groups excluding carboxylic acids is 1. The van der Waals surface area contributed by atoms with Crippen molar-refractivity contribution in [3.63, 3.8) is 0 Å². The molecule has 0 spiro atoms. The third kappa shape index (κ3) is 3.08. The fourth-order valence-electron chi connectivity index (χ4n) is 4.23. The highest BCUT2D eigenvalue weighted by Crippen LogP contribution is 2.42. The Kier molecular flexibility index (Phi) is 4.59. The fourth-order valence-corrected chi connectivity index (χ4v) is 4.38. The van der Waals surface area contributed by atoms with Crippen LogP contribution in [0.15, 0.2) is 53.2 Å². The van der Waals surface area contributed by atoms with Gasteiger partial charge in [0.15, 0.2) is 16.9 Å². The molecule has 0 bridgehead atoms. The molecule has 1 amide bonds. The second kappa shape index (κ2) is 7.29. The van der Waals surface area contributed by atoms with Crippen LogP contribution >= 0.6 is 11.6 Å². The molecule has 0 N–H and O–H groups in total. The molecule has 30 heavy (non-hydrogen) atoms. The summed E-state index contributed by atoms with van der Waals surface area (Å²) in [6, 6.07) is 10.3. The van der Waals surface area contributed by atoms with Gasteiger partial charge in [0.2, 0.25) is 5.91 Å². The van der Waals surface area contributed by atoms with E-state index in [9.17, 15) is 9.18 Å². The molecule has 5 rings (SSSR count). The molecule has 4 aromatic rings. The van der Waals surface area contributed by atoms with Crippen molar-refractivity contribution in [3.05, 3.63) is 70.8 Å². The Labute approximate surface area is 177 Å². The van der Waals surface area contributed by atoms with Gasteiger partial charge in [-0.15, -0.1) is 0 Å². The topological polar surface area (TPSA) is 55.6 Å². The number of hydrogen-bond donors (Lipinski definition) is 0. The summed E-state index contributed by atoms with van der Waals surface area (Å²) >= 11 is 5.84. The van der Waals surface area contributed by atoms with Gasteiger partial charge >= 0.3 is 0 Å². The van der Waals surface area contributed by atoms with Gasteiger partial charge in [-0.1, -0.05) is 23.7 Å². The number of methoxy groups -OCH3 is 1. The largest absolute Gasteiger partial charge is 0.493 e. The summed E-state index contributed by atoms with van der Waals surface area (Å²) in [6.07, 6.45) is 3.75. The normalized spacial score (nSPS) is 16.7. The van der Waals surface area contributed by atoms with E-state index in [4.69, 9.17) is 20.8 Å². The Morgan fingerprint density at radius 2 is 2.17 bits per heavy atom. The van der Waals surface area contributed by atoms with E-state index in [1.165, 1.54) is 6.07 Å². The first kappa shape index (κ1) is 18.9. The lowest BCUT2D eigenvalue weighted by Crippen LogP contribution is -2.25. The highest BCUT2D eigenvalue weighted by Gasteiger charge is 2.33. The van der Waals surface area contributed by atoms with Gasteiger partial charge in [0.25, 0.3) is 0 Å². The molecule has 1 atom stereocenters. The minimum atomic E-state index is -0.404. The molecule has 1 fully saturated rings. The third-order valence-corrected chi connectivity index (χ3v) is 5.91. The maximum atomic E-state index is 14.2. The Morgan fingerprint density at radius 1 is 1.30 bits per heavy atom. The number of hydrogen-bond acceptors (Lipinski definition) is 4. The van der Waals surface area contributed by atoms with E-state index in [-0.39, 0.29) is 18.4 Å². The monoisotopic (exact) mass is 424 g/mol. The van der Waals surface area contributed by atoms with E-state index in [1.54, 1.807) is 36.5 Å². The number of nitrogens with zero attached hydrogens (tertiary/aromatic N) is 2. The third-order valence-electron chi connectivity index (χ3n) is 5.67. The number of carbonyl (C=O) groups is 1. The average molecular weight is 425 g/mol. The van der Waals surface area contributed by atoms with Crippen molar-refractivity contribution in [1.82, 2.24) is 9.88 Å². The number of fused-ring (bicyclic) bond motifs is 3. The van der Waals surface area contributed by atoms with Crippen LogP contribution in [-0.2, 0) is 11.3 Å². The highest BCUT2D eigenvalue weighted by atomic mass is 35.5. The summed E-state index contributed by atoms with van der Waals surface area (Å²) in [7, 11) is 1.60. The van der Waals surface area contributed by atoms with E-state index in [0.29, 0.717) is 40.5 Å². The number of aromatic nitrogens is 1. The Balaban J connectivity index is 1.52. The van der Waals surface area contributed by atoms with E-state index in [0.717, 1.165) is 16.3 Å². The molecule has 152 valence electrons. The number of ether oxygens (including phenoxy) is 1. The minimum Gasteiger partial charge on any atom is -0.493 e. The minimum absolute atomic E-state index is 0.00668. The van der Waals surface area contributed by atoms with Crippen LogP contribution in [0.3, 0.4) is 0 Å². The SMILES string of the molecule is COc1ccc(C2CC(=O)N(Cc3ccc(Cl)cc3F)C2)c2c1oc1cnccc12. The summed E-state index contributed by atoms with van der Waals surface area (Å²) in [6.45, 7) is 0.716. The highest BCUT2D eigenvalue weighted by molar-refractivity contribution is 6.30. The molecule has 3 heterocycles.